The van der Waals surface area contributed by atoms with Crippen molar-refractivity contribution in [1.82, 2.24) is 4.90 Å². The van der Waals surface area contributed by atoms with Crippen molar-refractivity contribution in [2.75, 3.05) is 18.9 Å². The highest BCUT2D eigenvalue weighted by Crippen LogP contribution is 2.26. The fraction of sp³-hybridized carbons (Fsp3) is 0.190. The van der Waals surface area contributed by atoms with Gasteiger partial charge >= 0.3 is 0 Å². The largest absolute Gasteiger partial charge is 0.497 e. The first-order valence-electron chi connectivity index (χ1n) is 9.00. The van der Waals surface area contributed by atoms with Crippen molar-refractivity contribution >= 4 is 33.0 Å². The summed E-state index contributed by atoms with van der Waals surface area (Å²) in [7, 11) is -1.12. The van der Waals surface area contributed by atoms with Crippen LogP contribution >= 0.6 is 11.3 Å². The summed E-state index contributed by atoms with van der Waals surface area (Å²) in [5, 5.41) is 1.91. The molecule has 1 aromatic heterocycles. The average molecular weight is 449 g/mol. The van der Waals surface area contributed by atoms with Crippen molar-refractivity contribution in [3.63, 3.8) is 0 Å². The molecule has 0 aliphatic carbocycles. The number of amides is 1. The summed E-state index contributed by atoms with van der Waals surface area (Å²) in [5.74, 6) is -0.794. The number of sulfonamides is 1. The third-order valence-corrected chi connectivity index (χ3v) is 7.11. The van der Waals surface area contributed by atoms with Crippen LogP contribution in [0.25, 0.3) is 0 Å². The van der Waals surface area contributed by atoms with Crippen LogP contribution in [0.2, 0.25) is 0 Å². The zero-order chi connectivity index (χ0) is 21.9. The van der Waals surface area contributed by atoms with Crippen LogP contribution in [0.1, 0.15) is 28.2 Å². The lowest BCUT2D eigenvalue weighted by atomic mass is 10.1. The number of carbonyl (C=O) groups is 1. The van der Waals surface area contributed by atoms with E-state index >= 15 is 0 Å². The summed E-state index contributed by atoms with van der Waals surface area (Å²) in [6.07, 6.45) is 0. The molecule has 0 aliphatic rings. The van der Waals surface area contributed by atoms with Crippen LogP contribution < -0.4 is 9.46 Å². The van der Waals surface area contributed by atoms with Crippen LogP contribution in [0.4, 0.5) is 10.1 Å². The van der Waals surface area contributed by atoms with Gasteiger partial charge in [0.15, 0.2) is 0 Å². The van der Waals surface area contributed by atoms with E-state index in [0.717, 1.165) is 17.0 Å². The topological polar surface area (TPSA) is 75.7 Å². The maximum Gasteiger partial charge on any atom is 0.264 e. The molecule has 1 N–H and O–H groups in total. The summed E-state index contributed by atoms with van der Waals surface area (Å²) >= 11 is 1.52. The van der Waals surface area contributed by atoms with Crippen molar-refractivity contribution in [1.29, 1.82) is 0 Å². The van der Waals surface area contributed by atoms with Crippen LogP contribution in [0.3, 0.4) is 0 Å². The second-order valence-corrected chi connectivity index (χ2v) is 9.22. The molecule has 0 saturated heterocycles. The number of nitrogens with one attached hydrogen (secondary N) is 1. The molecule has 0 spiro atoms. The Balaban J connectivity index is 1.87. The molecule has 3 rings (SSSR count). The molecule has 3 aromatic rings. The highest BCUT2D eigenvalue weighted by Gasteiger charge is 2.24. The van der Waals surface area contributed by atoms with E-state index in [1.54, 1.807) is 19.2 Å². The predicted molar refractivity (Wildman–Crippen MR) is 115 cm³/mol. The Labute approximate surface area is 179 Å². The molecule has 1 amide bonds. The second kappa shape index (κ2) is 8.85. The van der Waals surface area contributed by atoms with E-state index in [1.165, 1.54) is 41.5 Å². The normalized spacial score (nSPS) is 12.3. The number of hydrogen-bond donors (Lipinski definition) is 1. The van der Waals surface area contributed by atoms with Gasteiger partial charge in [-0.3, -0.25) is 9.52 Å². The van der Waals surface area contributed by atoms with Gasteiger partial charge in [0.1, 0.15) is 16.5 Å². The number of nitrogens with zero attached hydrogens (tertiary/aromatic N) is 1. The van der Waals surface area contributed by atoms with Crippen LogP contribution in [0.15, 0.2) is 64.9 Å². The van der Waals surface area contributed by atoms with Gasteiger partial charge in [0.2, 0.25) is 0 Å². The van der Waals surface area contributed by atoms with Crippen LogP contribution in [-0.4, -0.2) is 33.4 Å². The quantitative estimate of drug-likeness (QED) is 0.576. The highest BCUT2D eigenvalue weighted by atomic mass is 32.2. The first-order chi connectivity index (χ1) is 14.2. The van der Waals surface area contributed by atoms with Gasteiger partial charge in [-0.05, 0) is 60.8 Å². The molecule has 1 atom stereocenters. The predicted octanol–water partition coefficient (Wildman–Crippen LogP) is 4.53. The molecule has 0 aliphatic heterocycles. The van der Waals surface area contributed by atoms with E-state index < -0.39 is 26.6 Å². The number of anilines is 1. The van der Waals surface area contributed by atoms with Gasteiger partial charge in [0.05, 0.1) is 13.2 Å². The van der Waals surface area contributed by atoms with Crippen molar-refractivity contribution < 1.29 is 22.3 Å². The van der Waals surface area contributed by atoms with Crippen molar-refractivity contribution in [3.05, 3.63) is 76.2 Å². The Morgan fingerprint density at radius 2 is 1.87 bits per heavy atom. The average Bonchev–Trinajstić information content (AvgIpc) is 3.27. The smallest absolute Gasteiger partial charge is 0.264 e. The molecular weight excluding hydrogens is 427 g/mol. The Bertz CT molecular complexity index is 1130. The van der Waals surface area contributed by atoms with Gasteiger partial charge < -0.3 is 9.64 Å². The van der Waals surface area contributed by atoms with E-state index in [-0.39, 0.29) is 17.3 Å². The number of carbonyl (C=O) groups excluding carboxylic acids is 1. The fourth-order valence-electron chi connectivity index (χ4n) is 2.81. The SMILES string of the molecule is COc1ccc(NS(=O)(=O)c2cc(C(=O)N(C)C(C)c3cccs3)ccc2F)cc1. The third kappa shape index (κ3) is 4.63. The highest BCUT2D eigenvalue weighted by molar-refractivity contribution is 7.92. The maximum atomic E-state index is 14.4. The zero-order valence-electron chi connectivity index (χ0n) is 16.6. The fourth-order valence-corrected chi connectivity index (χ4v) is 4.80. The van der Waals surface area contributed by atoms with E-state index in [9.17, 15) is 17.6 Å². The lowest BCUT2D eigenvalue weighted by Gasteiger charge is -2.24. The second-order valence-electron chi connectivity index (χ2n) is 6.59. The summed E-state index contributed by atoms with van der Waals surface area (Å²) in [6.45, 7) is 1.87. The Hall–Kier alpha value is -2.91. The first-order valence-corrected chi connectivity index (χ1v) is 11.4. The van der Waals surface area contributed by atoms with Crippen molar-refractivity contribution in [2.45, 2.75) is 17.9 Å². The number of rotatable bonds is 7. The van der Waals surface area contributed by atoms with Crippen LogP contribution in [0.5, 0.6) is 5.75 Å². The number of benzene rings is 2. The lowest BCUT2D eigenvalue weighted by molar-refractivity contribution is 0.0744. The number of hydrogen-bond acceptors (Lipinski definition) is 5. The molecule has 30 heavy (non-hydrogen) atoms. The molecule has 0 fully saturated rings. The van der Waals surface area contributed by atoms with Crippen LogP contribution in [0, 0.1) is 5.82 Å². The van der Waals surface area contributed by atoms with Crippen molar-refractivity contribution in [2.24, 2.45) is 0 Å². The van der Waals surface area contributed by atoms with E-state index in [0.29, 0.717) is 5.75 Å². The van der Waals surface area contributed by atoms with Gasteiger partial charge in [-0.15, -0.1) is 11.3 Å². The minimum Gasteiger partial charge on any atom is -0.497 e. The molecule has 0 saturated carbocycles. The molecule has 2 aromatic carbocycles. The molecule has 9 heteroatoms. The summed E-state index contributed by atoms with van der Waals surface area (Å²) in [5.41, 5.74) is 0.327. The monoisotopic (exact) mass is 448 g/mol. The molecule has 6 nitrogen and oxygen atoms in total. The summed E-state index contributed by atoms with van der Waals surface area (Å²) in [6, 6.07) is 13.1. The van der Waals surface area contributed by atoms with E-state index in [1.807, 2.05) is 24.4 Å². The van der Waals surface area contributed by atoms with E-state index in [4.69, 9.17) is 4.74 Å². The Kier molecular flexibility index (Phi) is 6.42. The number of ether oxygens (including phenoxy) is 1. The van der Waals surface area contributed by atoms with Gasteiger partial charge in [0, 0.05) is 23.2 Å². The lowest BCUT2D eigenvalue weighted by Crippen LogP contribution is -2.29. The number of methoxy groups -OCH3 is 1. The maximum absolute atomic E-state index is 14.4. The molecule has 0 radical (unpaired) electrons. The van der Waals surface area contributed by atoms with Gasteiger partial charge in [-0.2, -0.15) is 0 Å². The molecule has 1 unspecified atom stereocenters. The first kappa shape index (κ1) is 21.8. The molecule has 158 valence electrons. The van der Waals surface area contributed by atoms with Gasteiger partial charge in [0.25, 0.3) is 15.9 Å². The number of thiophene rings is 1. The van der Waals surface area contributed by atoms with E-state index in [2.05, 4.69) is 4.72 Å². The van der Waals surface area contributed by atoms with Crippen molar-refractivity contribution in [3.8, 4) is 5.75 Å². The standard InChI is InChI=1S/C21H21FN2O4S2/c1-14(19-5-4-12-29-19)24(2)21(25)15-6-11-18(22)20(13-15)30(26,27)23-16-7-9-17(28-3)10-8-16/h4-14,23H,1-3H3. The van der Waals surface area contributed by atoms with Gasteiger partial charge in [-0.25, -0.2) is 12.8 Å². The Morgan fingerprint density at radius 1 is 1.17 bits per heavy atom. The minimum absolute atomic E-state index is 0.0809. The zero-order valence-corrected chi connectivity index (χ0v) is 18.3. The van der Waals surface area contributed by atoms with Crippen LogP contribution in [-0.2, 0) is 10.0 Å². The molecule has 1 heterocycles. The number of halogens is 1. The Morgan fingerprint density at radius 3 is 2.47 bits per heavy atom. The molecule has 0 bridgehead atoms. The summed E-state index contributed by atoms with van der Waals surface area (Å²) in [4.78, 5) is 14.8. The minimum atomic E-state index is -4.24. The summed E-state index contributed by atoms with van der Waals surface area (Å²) < 4.78 is 47.2. The van der Waals surface area contributed by atoms with Gasteiger partial charge in [-0.1, -0.05) is 6.07 Å². The third-order valence-electron chi connectivity index (χ3n) is 4.67. The molecular formula is C21H21FN2O4S2.